The van der Waals surface area contributed by atoms with Crippen LogP contribution in [0.1, 0.15) is 62.6 Å². The molecule has 8 heteroatoms. The van der Waals surface area contributed by atoms with Crippen LogP contribution in [-0.2, 0) is 15.8 Å². The Labute approximate surface area is 194 Å². The number of aromatic nitrogens is 2. The number of fused-ring (bicyclic) bond motifs is 1. The topological polar surface area (TPSA) is 70.4 Å². The average molecular weight is 473 g/mol. The van der Waals surface area contributed by atoms with Crippen LogP contribution in [0.4, 0.5) is 4.79 Å². The molecule has 0 aliphatic heterocycles. The van der Waals surface area contributed by atoms with Gasteiger partial charge >= 0.3 is 6.09 Å². The minimum absolute atomic E-state index is 0.102. The Bertz CT molecular complexity index is 1150. The predicted molar refractivity (Wildman–Crippen MR) is 131 cm³/mol. The molecule has 0 spiro atoms. The molecule has 2 aromatic heterocycles. The Kier molecular flexibility index (Phi) is 6.52. The number of hydrogen-bond donors (Lipinski definition) is 0. The van der Waals surface area contributed by atoms with E-state index in [2.05, 4.69) is 38.8 Å². The van der Waals surface area contributed by atoms with E-state index in [9.17, 15) is 9.59 Å². The molecular formula is C24H32N2O4SSi. The third-order valence-electron chi connectivity index (χ3n) is 5.68. The first-order valence-corrected chi connectivity index (χ1v) is 14.4. The molecule has 0 amide bonds. The number of para-hydroxylation sites is 1. The molecule has 6 nitrogen and oxygen atoms in total. The van der Waals surface area contributed by atoms with E-state index >= 15 is 0 Å². The first-order valence-electron chi connectivity index (χ1n) is 10.7. The fourth-order valence-corrected chi connectivity index (χ4v) is 4.58. The summed E-state index contributed by atoms with van der Waals surface area (Å²) in [5, 5.41) is 3.04. The van der Waals surface area contributed by atoms with Gasteiger partial charge in [0, 0.05) is 17.0 Å². The summed E-state index contributed by atoms with van der Waals surface area (Å²) in [5.41, 5.74) is 1.17. The van der Waals surface area contributed by atoms with Gasteiger partial charge in [-0.05, 0) is 45.0 Å². The number of nitrogens with zero attached hydrogens (tertiary/aromatic N) is 2. The van der Waals surface area contributed by atoms with E-state index in [-0.39, 0.29) is 10.8 Å². The number of carbonyl (C=O) groups excluding carboxylic acids is 2. The van der Waals surface area contributed by atoms with Gasteiger partial charge in [-0.3, -0.25) is 9.36 Å². The maximum Gasteiger partial charge on any atom is 0.419 e. The van der Waals surface area contributed by atoms with E-state index in [1.807, 2.05) is 44.4 Å². The quantitative estimate of drug-likeness (QED) is 0.308. The highest BCUT2D eigenvalue weighted by atomic mass is 32.1. The lowest BCUT2D eigenvalue weighted by Crippen LogP contribution is -2.40. The molecule has 3 rings (SSSR count). The van der Waals surface area contributed by atoms with Gasteiger partial charge in [0.05, 0.1) is 23.4 Å². The first kappa shape index (κ1) is 24.4. The number of ketones is 1. The van der Waals surface area contributed by atoms with Crippen molar-refractivity contribution in [2.45, 2.75) is 71.9 Å². The standard InChI is InChI=1S/C24H32N2O4SSi/c1-23(2,3)30-22(28)26-13-18(17-11-9-10-12-19(17)26)20(27)21-25-16(15-31-21)14-29-32(7,8)24(4,5)6/h9-13,15H,14H2,1-8H3. The van der Waals surface area contributed by atoms with Crippen LogP contribution in [0.2, 0.25) is 18.1 Å². The number of benzene rings is 1. The van der Waals surface area contributed by atoms with E-state index in [0.717, 1.165) is 5.69 Å². The number of thiazole rings is 1. The maximum absolute atomic E-state index is 13.3. The summed E-state index contributed by atoms with van der Waals surface area (Å²) in [7, 11) is -1.91. The van der Waals surface area contributed by atoms with E-state index in [1.165, 1.54) is 15.9 Å². The monoisotopic (exact) mass is 472 g/mol. The maximum atomic E-state index is 13.3. The average Bonchev–Trinajstić information content (AvgIpc) is 3.29. The van der Waals surface area contributed by atoms with Crippen molar-refractivity contribution in [2.24, 2.45) is 0 Å². The normalized spacial score (nSPS) is 12.9. The molecule has 2 heterocycles. The minimum atomic E-state index is -1.91. The number of hydrogen-bond acceptors (Lipinski definition) is 6. The second-order valence-corrected chi connectivity index (χ2v) is 16.1. The van der Waals surface area contributed by atoms with Crippen LogP contribution in [0.15, 0.2) is 35.8 Å². The number of rotatable bonds is 5. The van der Waals surface area contributed by atoms with Crippen LogP contribution in [0.25, 0.3) is 10.9 Å². The molecule has 0 N–H and O–H groups in total. The van der Waals surface area contributed by atoms with Gasteiger partial charge in [-0.15, -0.1) is 11.3 Å². The van der Waals surface area contributed by atoms with Gasteiger partial charge in [0.15, 0.2) is 13.3 Å². The molecule has 0 fully saturated rings. The molecule has 0 aliphatic rings. The zero-order valence-electron chi connectivity index (χ0n) is 20.1. The van der Waals surface area contributed by atoms with Crippen molar-refractivity contribution in [1.29, 1.82) is 0 Å². The van der Waals surface area contributed by atoms with E-state index in [4.69, 9.17) is 9.16 Å². The Balaban J connectivity index is 1.88. The summed E-state index contributed by atoms with van der Waals surface area (Å²) in [6.45, 7) is 16.8. The summed E-state index contributed by atoms with van der Waals surface area (Å²) in [6, 6.07) is 7.31. The fraction of sp³-hybridized carbons (Fsp3) is 0.458. The minimum Gasteiger partial charge on any atom is -0.443 e. The molecule has 0 radical (unpaired) electrons. The van der Waals surface area contributed by atoms with Crippen LogP contribution < -0.4 is 0 Å². The van der Waals surface area contributed by atoms with Gasteiger partial charge in [0.25, 0.3) is 0 Å². The summed E-state index contributed by atoms with van der Waals surface area (Å²) in [6.07, 6.45) is 1.03. The van der Waals surface area contributed by atoms with Crippen molar-refractivity contribution in [1.82, 2.24) is 9.55 Å². The van der Waals surface area contributed by atoms with Crippen molar-refractivity contribution in [3.05, 3.63) is 52.1 Å². The molecule has 0 atom stereocenters. The molecule has 0 bridgehead atoms. The van der Waals surface area contributed by atoms with Gasteiger partial charge < -0.3 is 9.16 Å². The summed E-state index contributed by atoms with van der Waals surface area (Å²) >= 11 is 1.30. The third-order valence-corrected chi connectivity index (χ3v) is 11.0. The SMILES string of the molecule is CC(C)(C)OC(=O)n1cc(C(=O)c2nc(CO[Si](C)(C)C(C)(C)C)cs2)c2ccccc21. The zero-order valence-corrected chi connectivity index (χ0v) is 21.9. The Morgan fingerprint density at radius 3 is 2.38 bits per heavy atom. The summed E-state index contributed by atoms with van der Waals surface area (Å²) in [5.74, 6) is -0.216. The van der Waals surface area contributed by atoms with E-state index < -0.39 is 20.0 Å². The van der Waals surface area contributed by atoms with Gasteiger partial charge in [-0.25, -0.2) is 9.78 Å². The largest absolute Gasteiger partial charge is 0.443 e. The Hall–Kier alpha value is -2.29. The van der Waals surface area contributed by atoms with Crippen molar-refractivity contribution >= 4 is 42.4 Å². The molecular weight excluding hydrogens is 440 g/mol. The molecule has 0 saturated heterocycles. The van der Waals surface area contributed by atoms with Crippen molar-refractivity contribution < 1.29 is 18.8 Å². The molecule has 1 aromatic carbocycles. The third kappa shape index (κ3) is 5.19. The van der Waals surface area contributed by atoms with Crippen LogP contribution in [0.3, 0.4) is 0 Å². The summed E-state index contributed by atoms with van der Waals surface area (Å²) in [4.78, 5) is 30.6. The smallest absolute Gasteiger partial charge is 0.419 e. The van der Waals surface area contributed by atoms with Crippen LogP contribution in [-0.4, -0.2) is 35.3 Å². The van der Waals surface area contributed by atoms with Crippen molar-refractivity contribution in [2.75, 3.05) is 0 Å². The lowest BCUT2D eigenvalue weighted by molar-refractivity contribution is 0.0544. The zero-order chi connectivity index (χ0) is 23.9. The van der Waals surface area contributed by atoms with Gasteiger partial charge in [0.2, 0.25) is 5.78 Å². The predicted octanol–water partition coefficient (Wildman–Crippen LogP) is 6.63. The van der Waals surface area contributed by atoms with E-state index in [0.29, 0.717) is 28.1 Å². The number of ether oxygens (including phenoxy) is 1. The lowest BCUT2D eigenvalue weighted by Gasteiger charge is -2.35. The molecule has 0 saturated carbocycles. The van der Waals surface area contributed by atoms with Gasteiger partial charge in [0.1, 0.15) is 5.60 Å². The molecule has 32 heavy (non-hydrogen) atoms. The van der Waals surface area contributed by atoms with Crippen LogP contribution >= 0.6 is 11.3 Å². The Morgan fingerprint density at radius 1 is 1.09 bits per heavy atom. The lowest BCUT2D eigenvalue weighted by atomic mass is 10.1. The second kappa shape index (κ2) is 8.57. The molecule has 172 valence electrons. The fourth-order valence-electron chi connectivity index (χ4n) is 2.89. The highest BCUT2D eigenvalue weighted by Crippen LogP contribution is 2.37. The molecule has 3 aromatic rings. The number of carbonyl (C=O) groups is 2. The van der Waals surface area contributed by atoms with Crippen LogP contribution in [0.5, 0.6) is 0 Å². The van der Waals surface area contributed by atoms with E-state index in [1.54, 1.807) is 12.3 Å². The second-order valence-electron chi connectivity index (χ2n) is 10.4. The van der Waals surface area contributed by atoms with Crippen LogP contribution in [0, 0.1) is 0 Å². The Morgan fingerprint density at radius 2 is 1.75 bits per heavy atom. The highest BCUT2D eigenvalue weighted by Gasteiger charge is 2.37. The van der Waals surface area contributed by atoms with Crippen molar-refractivity contribution in [3.63, 3.8) is 0 Å². The summed E-state index contributed by atoms with van der Waals surface area (Å²) < 4.78 is 13.1. The molecule has 0 unspecified atom stereocenters. The molecule has 0 aliphatic carbocycles. The van der Waals surface area contributed by atoms with Gasteiger partial charge in [-0.2, -0.15) is 0 Å². The highest BCUT2D eigenvalue weighted by molar-refractivity contribution is 7.12. The van der Waals surface area contributed by atoms with Crippen molar-refractivity contribution in [3.8, 4) is 0 Å². The van der Waals surface area contributed by atoms with Gasteiger partial charge in [-0.1, -0.05) is 39.0 Å². The first-order chi connectivity index (χ1) is 14.7.